The van der Waals surface area contributed by atoms with Crippen LogP contribution in [0, 0.1) is 0 Å². The molecule has 0 nitrogen and oxygen atoms in total. The first-order chi connectivity index (χ1) is 8.61. The smallest absolute Gasteiger partial charge is 0.0702 e. The van der Waals surface area contributed by atoms with Gasteiger partial charge >= 0.3 is 0 Å². The maximum Gasteiger partial charge on any atom is 0.115 e. The normalized spacial score (nSPS) is 10.2. The minimum Gasteiger partial charge on any atom is -0.0702 e. The third kappa shape index (κ3) is 3.00. The van der Waals surface area contributed by atoms with E-state index in [4.69, 9.17) is 23.2 Å². The lowest BCUT2D eigenvalue weighted by atomic mass is 10.00. The van der Waals surface area contributed by atoms with Crippen LogP contribution in [0.4, 0.5) is 0 Å². The van der Waals surface area contributed by atoms with Crippen molar-refractivity contribution in [2.24, 2.45) is 0 Å². The molecule has 0 saturated heterocycles. The largest absolute Gasteiger partial charge is 0.115 e. The first-order valence-electron chi connectivity index (χ1n) is 5.16. The first-order valence-corrected chi connectivity index (χ1v) is 7.50. The third-order valence-corrected chi connectivity index (χ3v) is 4.24. The monoisotopic (exact) mass is 404 g/mol. The van der Waals surface area contributed by atoms with Gasteiger partial charge in [-0.15, -0.1) is 0 Å². The molecule has 2 aromatic carbocycles. The fourth-order valence-electron chi connectivity index (χ4n) is 1.68. The lowest BCUT2D eigenvalue weighted by molar-refractivity contribution is 1.50. The Balaban J connectivity index is 2.68. The molecular weight excluding hydrogens is 399 g/mol. The maximum absolute atomic E-state index is 6.06. The van der Waals surface area contributed by atoms with Crippen molar-refractivity contribution in [3.05, 3.63) is 73.1 Å². The molecule has 4 heteroatoms. The molecule has 18 heavy (non-hydrogen) atoms. The Bertz CT molecular complexity index is 555. The molecule has 0 aliphatic heterocycles. The molecule has 0 heterocycles. The molecule has 0 N–H and O–H groups in total. The standard InChI is InChI=1S/C14H8Br2Cl2/c15-11-7-3-1-5-9(11)13(14(17)18)10-6-2-4-8-12(10)16/h1-8H. The van der Waals surface area contributed by atoms with Crippen LogP contribution in [0.25, 0.3) is 5.57 Å². The Morgan fingerprint density at radius 2 is 1.11 bits per heavy atom. The van der Waals surface area contributed by atoms with Crippen molar-refractivity contribution in [1.29, 1.82) is 0 Å². The lowest BCUT2D eigenvalue weighted by Gasteiger charge is -2.12. The molecule has 0 bridgehead atoms. The van der Waals surface area contributed by atoms with Gasteiger partial charge in [0.25, 0.3) is 0 Å². The van der Waals surface area contributed by atoms with E-state index in [0.717, 1.165) is 25.6 Å². The van der Waals surface area contributed by atoms with Gasteiger partial charge < -0.3 is 0 Å². The van der Waals surface area contributed by atoms with Gasteiger partial charge in [-0.05, 0) is 23.3 Å². The highest BCUT2D eigenvalue weighted by Gasteiger charge is 2.14. The van der Waals surface area contributed by atoms with Crippen LogP contribution in [-0.4, -0.2) is 0 Å². The van der Waals surface area contributed by atoms with E-state index in [1.807, 2.05) is 48.5 Å². The molecule has 0 aliphatic carbocycles. The molecule has 2 aromatic rings. The minimum atomic E-state index is 0.244. The molecule has 0 unspecified atom stereocenters. The van der Waals surface area contributed by atoms with E-state index >= 15 is 0 Å². The predicted molar refractivity (Wildman–Crippen MR) is 86.0 cm³/mol. The predicted octanol–water partition coefficient (Wildman–Crippen LogP) is 6.41. The van der Waals surface area contributed by atoms with E-state index in [1.165, 1.54) is 0 Å². The van der Waals surface area contributed by atoms with Gasteiger partial charge in [-0.2, -0.15) is 0 Å². The zero-order valence-electron chi connectivity index (χ0n) is 9.13. The highest BCUT2D eigenvalue weighted by Crippen LogP contribution is 2.37. The van der Waals surface area contributed by atoms with Crippen molar-refractivity contribution in [3.8, 4) is 0 Å². The van der Waals surface area contributed by atoms with Gasteiger partial charge in [0.1, 0.15) is 4.49 Å². The van der Waals surface area contributed by atoms with Crippen LogP contribution in [-0.2, 0) is 0 Å². The van der Waals surface area contributed by atoms with Gasteiger partial charge in [0, 0.05) is 14.5 Å². The first kappa shape index (κ1) is 14.1. The summed E-state index contributed by atoms with van der Waals surface area (Å²) in [4.78, 5) is 0. The SMILES string of the molecule is ClC(Cl)=C(c1ccccc1Br)c1ccccc1Br. The molecule has 0 radical (unpaired) electrons. The van der Waals surface area contributed by atoms with Gasteiger partial charge in [-0.25, -0.2) is 0 Å². The average molecular weight is 407 g/mol. The second-order valence-corrected chi connectivity index (χ2v) is 6.25. The van der Waals surface area contributed by atoms with Crippen molar-refractivity contribution >= 4 is 60.6 Å². The van der Waals surface area contributed by atoms with Crippen molar-refractivity contribution in [2.45, 2.75) is 0 Å². The highest BCUT2D eigenvalue weighted by atomic mass is 79.9. The maximum atomic E-state index is 6.06. The van der Waals surface area contributed by atoms with E-state index in [2.05, 4.69) is 31.9 Å². The van der Waals surface area contributed by atoms with Gasteiger partial charge in [0.2, 0.25) is 0 Å². The minimum absolute atomic E-state index is 0.244. The summed E-state index contributed by atoms with van der Waals surface area (Å²) in [6.07, 6.45) is 0. The molecule has 92 valence electrons. The van der Waals surface area contributed by atoms with Gasteiger partial charge in [-0.1, -0.05) is 91.5 Å². The van der Waals surface area contributed by atoms with E-state index < -0.39 is 0 Å². The zero-order valence-corrected chi connectivity index (χ0v) is 13.8. The van der Waals surface area contributed by atoms with E-state index in [-0.39, 0.29) is 4.49 Å². The van der Waals surface area contributed by atoms with E-state index in [0.29, 0.717) is 0 Å². The summed E-state index contributed by atoms with van der Waals surface area (Å²) in [5, 5.41) is 0. The summed E-state index contributed by atoms with van der Waals surface area (Å²) in [6, 6.07) is 15.7. The van der Waals surface area contributed by atoms with Crippen molar-refractivity contribution in [1.82, 2.24) is 0 Å². The van der Waals surface area contributed by atoms with Crippen molar-refractivity contribution in [3.63, 3.8) is 0 Å². The van der Waals surface area contributed by atoms with Gasteiger partial charge in [0.15, 0.2) is 0 Å². The molecule has 0 aromatic heterocycles. The molecule has 0 aliphatic rings. The van der Waals surface area contributed by atoms with Crippen LogP contribution in [0.1, 0.15) is 11.1 Å². The van der Waals surface area contributed by atoms with Crippen LogP contribution in [0.15, 0.2) is 62.0 Å². The van der Waals surface area contributed by atoms with Crippen LogP contribution >= 0.6 is 55.1 Å². The van der Waals surface area contributed by atoms with E-state index in [1.54, 1.807) is 0 Å². The molecule has 0 saturated carbocycles. The quantitative estimate of drug-likeness (QED) is 0.540. The summed E-state index contributed by atoms with van der Waals surface area (Å²) in [5.74, 6) is 0. The summed E-state index contributed by atoms with van der Waals surface area (Å²) < 4.78 is 2.15. The zero-order chi connectivity index (χ0) is 13.1. The number of benzene rings is 2. The molecule has 2 rings (SSSR count). The summed E-state index contributed by atoms with van der Waals surface area (Å²) in [5.41, 5.74) is 2.73. The molecule has 0 atom stereocenters. The van der Waals surface area contributed by atoms with Crippen molar-refractivity contribution in [2.75, 3.05) is 0 Å². The van der Waals surface area contributed by atoms with Gasteiger partial charge in [0.05, 0.1) is 0 Å². The number of halogens is 4. The molecule has 0 amide bonds. The van der Waals surface area contributed by atoms with Gasteiger partial charge in [-0.3, -0.25) is 0 Å². The second kappa shape index (κ2) is 6.25. The average Bonchev–Trinajstić information content (AvgIpc) is 2.34. The van der Waals surface area contributed by atoms with Crippen LogP contribution in [0.3, 0.4) is 0 Å². The lowest BCUT2D eigenvalue weighted by Crippen LogP contribution is -1.91. The molecular formula is C14H8Br2Cl2. The summed E-state index contributed by atoms with van der Waals surface area (Å²) in [7, 11) is 0. The molecule has 0 fully saturated rings. The van der Waals surface area contributed by atoms with Crippen molar-refractivity contribution < 1.29 is 0 Å². The number of hydrogen-bond acceptors (Lipinski definition) is 0. The second-order valence-electron chi connectivity index (χ2n) is 3.60. The fourth-order valence-corrected chi connectivity index (χ4v) is 3.05. The Hall–Kier alpha value is -0.280. The Labute approximate surface area is 133 Å². The Kier molecular flexibility index (Phi) is 4.91. The Morgan fingerprint density at radius 3 is 1.44 bits per heavy atom. The highest BCUT2D eigenvalue weighted by molar-refractivity contribution is 9.10. The molecule has 0 spiro atoms. The summed E-state index contributed by atoms with van der Waals surface area (Å²) >= 11 is 19.2. The van der Waals surface area contributed by atoms with Crippen LogP contribution in [0.2, 0.25) is 0 Å². The fraction of sp³-hybridized carbons (Fsp3) is 0. The topological polar surface area (TPSA) is 0 Å². The van der Waals surface area contributed by atoms with E-state index in [9.17, 15) is 0 Å². The van der Waals surface area contributed by atoms with Crippen LogP contribution < -0.4 is 0 Å². The third-order valence-electron chi connectivity index (χ3n) is 2.48. The Morgan fingerprint density at radius 1 is 0.722 bits per heavy atom. The van der Waals surface area contributed by atoms with Crippen LogP contribution in [0.5, 0.6) is 0 Å². The number of rotatable bonds is 2. The summed E-state index contributed by atoms with van der Waals surface area (Å²) in [6.45, 7) is 0. The number of hydrogen-bond donors (Lipinski definition) is 0.